The molecule has 0 aromatic heterocycles. The Labute approximate surface area is 119 Å². The molecule has 0 saturated heterocycles. The molecule has 0 unspecified atom stereocenters. The number of carboxylic acid groups (broad SMARTS) is 1. The molecular formula is C17H21NO2. The van der Waals surface area contributed by atoms with Gasteiger partial charge in [0.15, 0.2) is 0 Å². The number of nitrogens with zero attached hydrogens (tertiary/aromatic N) is 1. The van der Waals surface area contributed by atoms with E-state index in [2.05, 4.69) is 49.1 Å². The van der Waals surface area contributed by atoms with E-state index in [1.165, 1.54) is 16.3 Å². The number of hydrogen-bond donors (Lipinski definition) is 1. The van der Waals surface area contributed by atoms with Gasteiger partial charge in [-0.3, -0.25) is 9.69 Å². The summed E-state index contributed by atoms with van der Waals surface area (Å²) < 4.78 is 0. The molecule has 2 aromatic carbocycles. The molecule has 0 aliphatic carbocycles. The molecule has 0 amide bonds. The Balaban J connectivity index is 2.13. The molecule has 0 spiro atoms. The summed E-state index contributed by atoms with van der Waals surface area (Å²) in [6.45, 7) is 5.57. The lowest BCUT2D eigenvalue weighted by atomic mass is 10.1. The molecule has 3 nitrogen and oxygen atoms in total. The van der Waals surface area contributed by atoms with Crippen LogP contribution in [-0.4, -0.2) is 28.6 Å². The third-order valence-electron chi connectivity index (χ3n) is 3.54. The predicted molar refractivity (Wildman–Crippen MR) is 81.7 cm³/mol. The topological polar surface area (TPSA) is 40.5 Å². The van der Waals surface area contributed by atoms with Crippen molar-refractivity contribution >= 4 is 16.7 Å². The zero-order valence-corrected chi connectivity index (χ0v) is 12.0. The van der Waals surface area contributed by atoms with Gasteiger partial charge in [-0.05, 0) is 36.2 Å². The van der Waals surface area contributed by atoms with Crippen LogP contribution in [0.1, 0.15) is 25.8 Å². The highest BCUT2D eigenvalue weighted by atomic mass is 16.4. The van der Waals surface area contributed by atoms with E-state index < -0.39 is 5.97 Å². The Bertz CT molecular complexity index is 592. The predicted octanol–water partition coefficient (Wildman–Crippen LogP) is 3.52. The van der Waals surface area contributed by atoms with Crippen molar-refractivity contribution in [3.05, 3.63) is 48.0 Å². The lowest BCUT2D eigenvalue weighted by Gasteiger charge is -2.26. The van der Waals surface area contributed by atoms with E-state index in [1.54, 1.807) is 0 Å². The maximum absolute atomic E-state index is 10.7. The number of rotatable bonds is 6. The Hall–Kier alpha value is -1.87. The number of carbonyl (C=O) groups is 1. The normalized spacial score (nSPS) is 11.4. The summed E-state index contributed by atoms with van der Waals surface area (Å²) >= 11 is 0. The largest absolute Gasteiger partial charge is 0.481 e. The van der Waals surface area contributed by atoms with Crippen LogP contribution in [0.3, 0.4) is 0 Å². The van der Waals surface area contributed by atoms with Gasteiger partial charge in [-0.2, -0.15) is 0 Å². The Morgan fingerprint density at radius 2 is 1.85 bits per heavy atom. The van der Waals surface area contributed by atoms with E-state index in [-0.39, 0.29) is 6.42 Å². The second-order valence-electron chi connectivity index (χ2n) is 5.39. The first-order chi connectivity index (χ1) is 9.56. The maximum Gasteiger partial charge on any atom is 0.304 e. The van der Waals surface area contributed by atoms with E-state index in [0.29, 0.717) is 12.6 Å². The Kier molecular flexibility index (Phi) is 4.74. The highest BCUT2D eigenvalue weighted by Crippen LogP contribution is 2.17. The number of aliphatic carboxylic acids is 1. The average Bonchev–Trinajstić information content (AvgIpc) is 2.42. The van der Waals surface area contributed by atoms with Crippen LogP contribution in [0.15, 0.2) is 42.5 Å². The standard InChI is InChI=1S/C17H21NO2/c1-13(2)18(10-9-17(19)20)12-14-7-8-15-5-3-4-6-16(15)11-14/h3-8,11,13H,9-10,12H2,1-2H3,(H,19,20). The van der Waals surface area contributed by atoms with Crippen LogP contribution in [0.25, 0.3) is 10.8 Å². The van der Waals surface area contributed by atoms with Crippen LogP contribution in [0.4, 0.5) is 0 Å². The van der Waals surface area contributed by atoms with Crippen molar-refractivity contribution < 1.29 is 9.90 Å². The van der Waals surface area contributed by atoms with Gasteiger partial charge < -0.3 is 5.11 Å². The van der Waals surface area contributed by atoms with Crippen molar-refractivity contribution in [1.29, 1.82) is 0 Å². The summed E-state index contributed by atoms with van der Waals surface area (Å²) in [6, 6.07) is 15.1. The van der Waals surface area contributed by atoms with E-state index in [4.69, 9.17) is 5.11 Å². The summed E-state index contributed by atoms with van der Waals surface area (Å²) in [6.07, 6.45) is 0.186. The van der Waals surface area contributed by atoms with Crippen LogP contribution in [0, 0.1) is 0 Å². The van der Waals surface area contributed by atoms with E-state index in [9.17, 15) is 4.79 Å². The van der Waals surface area contributed by atoms with Crippen molar-refractivity contribution in [2.45, 2.75) is 32.9 Å². The summed E-state index contributed by atoms with van der Waals surface area (Å²) in [7, 11) is 0. The Morgan fingerprint density at radius 1 is 1.15 bits per heavy atom. The van der Waals surface area contributed by atoms with Crippen LogP contribution >= 0.6 is 0 Å². The van der Waals surface area contributed by atoms with Crippen LogP contribution in [0.5, 0.6) is 0 Å². The molecule has 0 saturated carbocycles. The molecule has 20 heavy (non-hydrogen) atoms. The van der Waals surface area contributed by atoms with E-state index in [1.807, 2.05) is 12.1 Å². The molecule has 0 bridgehead atoms. The van der Waals surface area contributed by atoms with E-state index in [0.717, 1.165) is 6.54 Å². The van der Waals surface area contributed by atoms with Gasteiger partial charge in [0.25, 0.3) is 0 Å². The molecule has 3 heteroatoms. The number of fused-ring (bicyclic) bond motifs is 1. The molecule has 0 fully saturated rings. The summed E-state index contributed by atoms with van der Waals surface area (Å²) in [4.78, 5) is 12.9. The zero-order chi connectivity index (χ0) is 14.5. The molecule has 0 radical (unpaired) electrons. The quantitative estimate of drug-likeness (QED) is 0.873. The van der Waals surface area contributed by atoms with Gasteiger partial charge in [-0.1, -0.05) is 36.4 Å². The molecular weight excluding hydrogens is 250 g/mol. The number of carboxylic acids is 1. The van der Waals surface area contributed by atoms with Crippen LogP contribution in [-0.2, 0) is 11.3 Å². The van der Waals surface area contributed by atoms with Crippen LogP contribution in [0.2, 0.25) is 0 Å². The smallest absolute Gasteiger partial charge is 0.304 e. The highest BCUT2D eigenvalue weighted by molar-refractivity contribution is 5.82. The lowest BCUT2D eigenvalue weighted by molar-refractivity contribution is -0.137. The van der Waals surface area contributed by atoms with Gasteiger partial charge in [-0.15, -0.1) is 0 Å². The first kappa shape index (κ1) is 14.5. The molecule has 0 heterocycles. The monoisotopic (exact) mass is 271 g/mol. The maximum atomic E-state index is 10.7. The minimum Gasteiger partial charge on any atom is -0.481 e. The zero-order valence-electron chi connectivity index (χ0n) is 12.0. The minimum absolute atomic E-state index is 0.186. The van der Waals surface area contributed by atoms with Crippen molar-refractivity contribution in [3.8, 4) is 0 Å². The molecule has 106 valence electrons. The number of hydrogen-bond acceptors (Lipinski definition) is 2. The van der Waals surface area contributed by atoms with Crippen LogP contribution < -0.4 is 0 Å². The van der Waals surface area contributed by atoms with Crippen molar-refractivity contribution in [2.24, 2.45) is 0 Å². The third kappa shape index (κ3) is 3.81. The second-order valence-corrected chi connectivity index (χ2v) is 5.39. The highest BCUT2D eigenvalue weighted by Gasteiger charge is 2.12. The van der Waals surface area contributed by atoms with E-state index >= 15 is 0 Å². The van der Waals surface area contributed by atoms with Crippen molar-refractivity contribution in [3.63, 3.8) is 0 Å². The SMILES string of the molecule is CC(C)N(CCC(=O)O)Cc1ccc2ccccc2c1. The fraction of sp³-hybridized carbons (Fsp3) is 0.353. The molecule has 1 N–H and O–H groups in total. The first-order valence-electron chi connectivity index (χ1n) is 7.00. The summed E-state index contributed by atoms with van der Waals surface area (Å²) in [5.41, 5.74) is 1.22. The van der Waals surface area contributed by atoms with Gasteiger partial charge >= 0.3 is 5.97 Å². The summed E-state index contributed by atoms with van der Waals surface area (Å²) in [5.74, 6) is -0.742. The minimum atomic E-state index is -0.742. The fourth-order valence-corrected chi connectivity index (χ4v) is 2.33. The van der Waals surface area contributed by atoms with Gasteiger partial charge in [0.05, 0.1) is 6.42 Å². The van der Waals surface area contributed by atoms with Gasteiger partial charge in [0.2, 0.25) is 0 Å². The first-order valence-corrected chi connectivity index (χ1v) is 7.00. The fourth-order valence-electron chi connectivity index (χ4n) is 2.33. The molecule has 2 rings (SSSR count). The average molecular weight is 271 g/mol. The van der Waals surface area contributed by atoms with Gasteiger partial charge in [-0.25, -0.2) is 0 Å². The second kappa shape index (κ2) is 6.53. The van der Waals surface area contributed by atoms with Gasteiger partial charge in [0, 0.05) is 19.1 Å². The molecule has 0 aliphatic heterocycles. The third-order valence-corrected chi connectivity index (χ3v) is 3.54. The summed E-state index contributed by atoms with van der Waals surface area (Å²) in [5, 5.41) is 11.3. The molecule has 0 aliphatic rings. The molecule has 2 aromatic rings. The van der Waals surface area contributed by atoms with Crippen molar-refractivity contribution in [2.75, 3.05) is 6.54 Å². The molecule has 0 atom stereocenters. The van der Waals surface area contributed by atoms with Crippen molar-refractivity contribution in [1.82, 2.24) is 4.90 Å². The Morgan fingerprint density at radius 3 is 2.50 bits per heavy atom. The van der Waals surface area contributed by atoms with Gasteiger partial charge in [0.1, 0.15) is 0 Å². The number of benzene rings is 2. The lowest BCUT2D eigenvalue weighted by Crippen LogP contribution is -2.32.